The average Bonchev–Trinajstić information content (AvgIpc) is 2.52. The molecule has 0 aliphatic heterocycles. The van der Waals surface area contributed by atoms with E-state index < -0.39 is 22.8 Å². The molecule has 1 heterocycles. The van der Waals surface area contributed by atoms with Crippen molar-refractivity contribution >= 4 is 10.0 Å². The number of halogens is 3. The summed E-state index contributed by atoms with van der Waals surface area (Å²) in [5.74, 6) is 0. The highest BCUT2D eigenvalue weighted by atomic mass is 32.2. The van der Waals surface area contributed by atoms with Gasteiger partial charge < -0.3 is 0 Å². The third-order valence-corrected chi connectivity index (χ3v) is 2.37. The van der Waals surface area contributed by atoms with Crippen molar-refractivity contribution < 1.29 is 26.4 Å². The fourth-order valence-electron chi connectivity index (χ4n) is 0.623. The van der Waals surface area contributed by atoms with E-state index in [0.717, 1.165) is 12.4 Å². The van der Waals surface area contributed by atoms with Gasteiger partial charge in [-0.3, -0.25) is 9.94 Å². The minimum absolute atomic E-state index is 0.315. The summed E-state index contributed by atoms with van der Waals surface area (Å²) in [6.07, 6.45) is -2.67. The molecule has 1 aromatic rings. The van der Waals surface area contributed by atoms with E-state index in [2.05, 4.69) is 15.0 Å². The van der Waals surface area contributed by atoms with Crippen LogP contribution in [0.25, 0.3) is 0 Å². The molecule has 0 atom stereocenters. The molecule has 0 aromatic carbocycles. The summed E-state index contributed by atoms with van der Waals surface area (Å²) in [4.78, 5) is 4.78. The molecule has 0 bridgehead atoms. The first-order valence-corrected chi connectivity index (χ1v) is 4.99. The van der Waals surface area contributed by atoms with Crippen molar-refractivity contribution in [3.8, 4) is 0 Å². The SMILES string of the molecule is O=S(=O)(NOCC(F)(F)F)c1cn[nH]c1. The van der Waals surface area contributed by atoms with Gasteiger partial charge in [0, 0.05) is 6.20 Å². The summed E-state index contributed by atoms with van der Waals surface area (Å²) >= 11 is 0. The lowest BCUT2D eigenvalue weighted by Crippen LogP contribution is -2.29. The van der Waals surface area contributed by atoms with Crippen LogP contribution in [0, 0.1) is 0 Å². The molecule has 0 aliphatic carbocycles. The average molecular weight is 245 g/mol. The van der Waals surface area contributed by atoms with Crippen molar-refractivity contribution in [2.24, 2.45) is 0 Å². The molecular weight excluding hydrogens is 239 g/mol. The van der Waals surface area contributed by atoms with E-state index >= 15 is 0 Å². The maximum Gasteiger partial charge on any atom is 0.413 e. The summed E-state index contributed by atoms with van der Waals surface area (Å²) in [7, 11) is -4.11. The lowest BCUT2D eigenvalue weighted by atomic mass is 10.7. The molecule has 0 radical (unpaired) electrons. The number of nitrogens with zero attached hydrogens (tertiary/aromatic N) is 1. The summed E-state index contributed by atoms with van der Waals surface area (Å²) in [5.41, 5.74) is 0. The molecule has 2 N–H and O–H groups in total. The van der Waals surface area contributed by atoms with Crippen LogP contribution < -0.4 is 4.89 Å². The second-order valence-corrected chi connectivity index (χ2v) is 4.07. The quantitative estimate of drug-likeness (QED) is 0.741. The molecule has 0 saturated carbocycles. The molecule has 0 spiro atoms. The first kappa shape index (κ1) is 11.9. The minimum Gasteiger partial charge on any atom is -0.284 e. The number of alkyl halides is 3. The molecule has 1 aromatic heterocycles. The minimum atomic E-state index is -4.60. The molecule has 0 fully saturated rings. The normalized spacial score (nSPS) is 13.0. The Morgan fingerprint density at radius 3 is 2.67 bits per heavy atom. The number of nitrogens with one attached hydrogen (secondary N) is 2. The number of H-pyrrole nitrogens is 1. The van der Waals surface area contributed by atoms with Crippen molar-refractivity contribution in [3.05, 3.63) is 12.4 Å². The zero-order valence-electron chi connectivity index (χ0n) is 7.08. The molecule has 86 valence electrons. The van der Waals surface area contributed by atoms with Gasteiger partial charge in [-0.1, -0.05) is 4.89 Å². The van der Waals surface area contributed by atoms with Gasteiger partial charge in [0.1, 0.15) is 4.90 Å². The molecule has 0 amide bonds. The van der Waals surface area contributed by atoms with E-state index in [1.165, 1.54) is 4.89 Å². The predicted octanol–water partition coefficient (Wildman–Crippen LogP) is 0.182. The lowest BCUT2D eigenvalue weighted by Gasteiger charge is -2.07. The topological polar surface area (TPSA) is 84.1 Å². The van der Waals surface area contributed by atoms with E-state index in [-0.39, 0.29) is 4.90 Å². The van der Waals surface area contributed by atoms with Crippen LogP contribution in [0.1, 0.15) is 0 Å². The Hall–Kier alpha value is -1.13. The number of hydrogen-bond donors (Lipinski definition) is 2. The largest absolute Gasteiger partial charge is 0.413 e. The second-order valence-electron chi connectivity index (χ2n) is 2.42. The number of sulfonamides is 1. The van der Waals surface area contributed by atoms with Crippen molar-refractivity contribution in [1.82, 2.24) is 15.1 Å². The summed E-state index contributed by atoms with van der Waals surface area (Å²) in [6, 6.07) is 0. The summed E-state index contributed by atoms with van der Waals surface area (Å²) in [6.45, 7) is -1.70. The zero-order chi connectivity index (χ0) is 11.5. The van der Waals surface area contributed by atoms with Gasteiger partial charge in [-0.15, -0.1) is 0 Å². The molecule has 0 unspecified atom stereocenters. The van der Waals surface area contributed by atoms with Crippen LogP contribution in [0.2, 0.25) is 0 Å². The monoisotopic (exact) mass is 245 g/mol. The van der Waals surface area contributed by atoms with Crippen LogP contribution in [-0.2, 0) is 14.9 Å². The second kappa shape index (κ2) is 4.16. The van der Waals surface area contributed by atoms with Crippen molar-refractivity contribution in [2.75, 3.05) is 6.61 Å². The molecule has 15 heavy (non-hydrogen) atoms. The van der Waals surface area contributed by atoms with Crippen LogP contribution in [0.3, 0.4) is 0 Å². The lowest BCUT2D eigenvalue weighted by molar-refractivity contribution is -0.181. The van der Waals surface area contributed by atoms with Crippen molar-refractivity contribution in [3.63, 3.8) is 0 Å². The van der Waals surface area contributed by atoms with E-state index in [0.29, 0.717) is 0 Å². The van der Waals surface area contributed by atoms with E-state index in [1.54, 1.807) is 0 Å². The van der Waals surface area contributed by atoms with Crippen LogP contribution in [-0.4, -0.2) is 31.4 Å². The third-order valence-electron chi connectivity index (χ3n) is 1.19. The standard InChI is InChI=1S/C5H6F3N3O3S/c6-5(7,8)3-14-11-15(12,13)4-1-9-10-2-4/h1-2,11H,3H2,(H,9,10). The molecule has 0 saturated heterocycles. The Bertz CT molecular complexity index is 399. The molecule has 10 heteroatoms. The van der Waals surface area contributed by atoms with Gasteiger partial charge >= 0.3 is 6.18 Å². The maximum atomic E-state index is 11.6. The highest BCUT2D eigenvalue weighted by molar-refractivity contribution is 7.89. The van der Waals surface area contributed by atoms with Gasteiger partial charge in [-0.2, -0.15) is 18.3 Å². The summed E-state index contributed by atoms with van der Waals surface area (Å²) in [5, 5.41) is 5.52. The van der Waals surface area contributed by atoms with E-state index in [1.807, 2.05) is 0 Å². The molecule has 0 aliphatic rings. The van der Waals surface area contributed by atoms with Crippen molar-refractivity contribution in [1.29, 1.82) is 0 Å². The maximum absolute atomic E-state index is 11.6. The fourth-order valence-corrected chi connectivity index (χ4v) is 1.33. The number of aromatic amines is 1. The predicted molar refractivity (Wildman–Crippen MR) is 40.9 cm³/mol. The first-order valence-electron chi connectivity index (χ1n) is 3.50. The summed E-state index contributed by atoms with van der Waals surface area (Å²) < 4.78 is 57.0. The third kappa shape index (κ3) is 3.85. The Balaban J connectivity index is 2.53. The van der Waals surface area contributed by atoms with Crippen LogP contribution in [0.15, 0.2) is 17.3 Å². The van der Waals surface area contributed by atoms with Gasteiger partial charge in [-0.05, 0) is 0 Å². The van der Waals surface area contributed by atoms with Crippen LogP contribution >= 0.6 is 0 Å². The molecule has 1 rings (SSSR count). The van der Waals surface area contributed by atoms with Gasteiger partial charge in [-0.25, -0.2) is 8.42 Å². The first-order chi connectivity index (χ1) is 6.81. The van der Waals surface area contributed by atoms with Crippen LogP contribution in [0.5, 0.6) is 0 Å². The number of rotatable bonds is 4. The van der Waals surface area contributed by atoms with Crippen molar-refractivity contribution in [2.45, 2.75) is 11.1 Å². The Morgan fingerprint density at radius 1 is 1.53 bits per heavy atom. The fraction of sp³-hybridized carbons (Fsp3) is 0.400. The van der Waals surface area contributed by atoms with Gasteiger partial charge in [0.15, 0.2) is 6.61 Å². The number of aromatic nitrogens is 2. The Kier molecular flexibility index (Phi) is 3.31. The smallest absolute Gasteiger partial charge is 0.284 e. The van der Waals surface area contributed by atoms with Gasteiger partial charge in [0.2, 0.25) is 0 Å². The zero-order valence-corrected chi connectivity index (χ0v) is 7.89. The van der Waals surface area contributed by atoms with Gasteiger partial charge in [0.25, 0.3) is 10.0 Å². The number of hydrogen-bond acceptors (Lipinski definition) is 4. The van der Waals surface area contributed by atoms with Gasteiger partial charge in [0.05, 0.1) is 6.20 Å². The highest BCUT2D eigenvalue weighted by Crippen LogP contribution is 2.14. The van der Waals surface area contributed by atoms with Crippen LogP contribution in [0.4, 0.5) is 13.2 Å². The van der Waals surface area contributed by atoms with E-state index in [4.69, 9.17) is 0 Å². The Morgan fingerprint density at radius 2 is 2.20 bits per heavy atom. The molecule has 6 nitrogen and oxygen atoms in total. The molecular formula is C5H6F3N3O3S. The Labute approximate surface area is 82.4 Å². The van der Waals surface area contributed by atoms with E-state index in [9.17, 15) is 21.6 Å². The highest BCUT2D eigenvalue weighted by Gasteiger charge is 2.29.